The monoisotopic (exact) mass is 435 g/mol. The SMILES string of the molecule is CC[C@H](CO)NC(=O)c1ncc(Oc2ccc(C(F)(F)F)cc2)c(-c2ccn(C)n2)n1. The van der Waals surface area contributed by atoms with Gasteiger partial charge in [-0.2, -0.15) is 18.3 Å². The fourth-order valence-electron chi connectivity index (χ4n) is 2.65. The summed E-state index contributed by atoms with van der Waals surface area (Å²) >= 11 is 0. The highest BCUT2D eigenvalue weighted by molar-refractivity contribution is 5.91. The molecular formula is C20H20F3N5O3. The summed E-state index contributed by atoms with van der Waals surface area (Å²) in [6.07, 6.45) is -1.02. The van der Waals surface area contributed by atoms with Gasteiger partial charge in [0.15, 0.2) is 5.75 Å². The summed E-state index contributed by atoms with van der Waals surface area (Å²) in [6.45, 7) is 1.58. The predicted molar refractivity (Wildman–Crippen MR) is 104 cm³/mol. The highest BCUT2D eigenvalue weighted by atomic mass is 19.4. The van der Waals surface area contributed by atoms with Gasteiger partial charge >= 0.3 is 6.18 Å². The quantitative estimate of drug-likeness (QED) is 0.591. The molecule has 31 heavy (non-hydrogen) atoms. The molecule has 0 unspecified atom stereocenters. The van der Waals surface area contributed by atoms with Crippen molar-refractivity contribution >= 4 is 5.91 Å². The van der Waals surface area contributed by atoms with Crippen LogP contribution in [0.5, 0.6) is 11.5 Å². The van der Waals surface area contributed by atoms with Gasteiger partial charge in [-0.15, -0.1) is 0 Å². The van der Waals surface area contributed by atoms with E-state index in [0.717, 1.165) is 12.1 Å². The van der Waals surface area contributed by atoms with Gasteiger partial charge < -0.3 is 15.2 Å². The predicted octanol–water partition coefficient (Wildman–Crippen LogP) is 3.19. The van der Waals surface area contributed by atoms with Crippen molar-refractivity contribution in [1.82, 2.24) is 25.1 Å². The van der Waals surface area contributed by atoms with E-state index in [9.17, 15) is 23.1 Å². The third kappa shape index (κ3) is 5.37. The highest BCUT2D eigenvalue weighted by Gasteiger charge is 2.30. The molecule has 164 valence electrons. The lowest BCUT2D eigenvalue weighted by Gasteiger charge is -2.14. The summed E-state index contributed by atoms with van der Waals surface area (Å²) in [5.74, 6) is -0.493. The smallest absolute Gasteiger partial charge is 0.416 e. The van der Waals surface area contributed by atoms with E-state index in [4.69, 9.17) is 4.74 Å². The van der Waals surface area contributed by atoms with Crippen LogP contribution in [0.25, 0.3) is 11.4 Å². The van der Waals surface area contributed by atoms with Crippen molar-refractivity contribution < 1.29 is 27.8 Å². The van der Waals surface area contributed by atoms with Crippen molar-refractivity contribution in [3.8, 4) is 22.9 Å². The fourth-order valence-corrected chi connectivity index (χ4v) is 2.65. The third-order valence-electron chi connectivity index (χ3n) is 4.37. The number of amides is 1. The van der Waals surface area contributed by atoms with E-state index in [1.165, 1.54) is 23.0 Å². The lowest BCUT2D eigenvalue weighted by atomic mass is 10.2. The first-order valence-corrected chi connectivity index (χ1v) is 9.35. The molecule has 0 saturated carbocycles. The number of aliphatic hydroxyl groups is 1. The van der Waals surface area contributed by atoms with Gasteiger partial charge in [-0.1, -0.05) is 6.92 Å². The number of alkyl halides is 3. The second-order valence-corrected chi connectivity index (χ2v) is 6.67. The Bertz CT molecular complexity index is 1050. The molecule has 1 amide bonds. The normalized spacial score (nSPS) is 12.5. The molecule has 3 rings (SSSR count). The number of benzene rings is 1. The second kappa shape index (κ2) is 9.13. The number of aromatic nitrogens is 4. The molecule has 0 aliphatic heterocycles. The molecule has 0 fully saturated rings. The zero-order valence-corrected chi connectivity index (χ0v) is 16.7. The van der Waals surface area contributed by atoms with Crippen LogP contribution < -0.4 is 10.1 Å². The van der Waals surface area contributed by atoms with E-state index in [1.54, 1.807) is 19.3 Å². The number of nitrogens with zero attached hydrogens (tertiary/aromatic N) is 4. The summed E-state index contributed by atoms with van der Waals surface area (Å²) in [4.78, 5) is 20.7. The van der Waals surface area contributed by atoms with E-state index in [0.29, 0.717) is 12.1 Å². The molecule has 2 N–H and O–H groups in total. The van der Waals surface area contributed by atoms with Crippen molar-refractivity contribution in [2.45, 2.75) is 25.6 Å². The van der Waals surface area contributed by atoms with Crippen molar-refractivity contribution in [2.24, 2.45) is 7.05 Å². The number of aryl methyl sites for hydroxylation is 1. The summed E-state index contributed by atoms with van der Waals surface area (Å²) in [5, 5.41) is 16.1. The van der Waals surface area contributed by atoms with Crippen molar-refractivity contribution in [3.05, 3.63) is 54.1 Å². The highest BCUT2D eigenvalue weighted by Crippen LogP contribution is 2.33. The van der Waals surface area contributed by atoms with Crippen LogP contribution in [0.3, 0.4) is 0 Å². The Labute approximate surface area is 175 Å². The summed E-state index contributed by atoms with van der Waals surface area (Å²) in [6, 6.07) is 5.36. The molecule has 11 heteroatoms. The van der Waals surface area contributed by atoms with Crippen molar-refractivity contribution in [3.63, 3.8) is 0 Å². The summed E-state index contributed by atoms with van der Waals surface area (Å²) in [7, 11) is 1.70. The van der Waals surface area contributed by atoms with Crippen LogP contribution in [0, 0.1) is 0 Å². The average molecular weight is 435 g/mol. The molecule has 2 heterocycles. The van der Waals surface area contributed by atoms with Crippen LogP contribution in [0.15, 0.2) is 42.7 Å². The lowest BCUT2D eigenvalue weighted by molar-refractivity contribution is -0.137. The van der Waals surface area contributed by atoms with Crippen LogP contribution in [0.1, 0.15) is 29.5 Å². The Hall–Kier alpha value is -3.47. The van der Waals surface area contributed by atoms with Crippen LogP contribution in [-0.2, 0) is 13.2 Å². The van der Waals surface area contributed by atoms with Crippen molar-refractivity contribution in [1.29, 1.82) is 0 Å². The van der Waals surface area contributed by atoms with Gasteiger partial charge in [0.25, 0.3) is 5.91 Å². The molecule has 1 aromatic carbocycles. The molecule has 0 saturated heterocycles. The molecule has 0 spiro atoms. The second-order valence-electron chi connectivity index (χ2n) is 6.67. The minimum atomic E-state index is -4.46. The number of hydrogen-bond acceptors (Lipinski definition) is 6. The Kier molecular flexibility index (Phi) is 6.54. The van der Waals surface area contributed by atoms with E-state index in [1.807, 2.05) is 6.92 Å². The van der Waals surface area contributed by atoms with Gasteiger partial charge in [-0.3, -0.25) is 9.48 Å². The van der Waals surface area contributed by atoms with E-state index >= 15 is 0 Å². The number of hydrogen-bond donors (Lipinski definition) is 2. The zero-order valence-electron chi connectivity index (χ0n) is 16.7. The first-order valence-electron chi connectivity index (χ1n) is 9.35. The van der Waals surface area contributed by atoms with Gasteiger partial charge in [0.05, 0.1) is 24.4 Å². The first-order chi connectivity index (χ1) is 14.7. The Morgan fingerprint density at radius 3 is 2.52 bits per heavy atom. The molecule has 0 aliphatic rings. The summed E-state index contributed by atoms with van der Waals surface area (Å²) < 4.78 is 45.5. The van der Waals surface area contributed by atoms with E-state index in [-0.39, 0.29) is 29.6 Å². The molecule has 0 radical (unpaired) electrons. The van der Waals surface area contributed by atoms with E-state index < -0.39 is 23.7 Å². The fraction of sp³-hybridized carbons (Fsp3) is 0.300. The van der Waals surface area contributed by atoms with Gasteiger partial charge in [0, 0.05) is 13.2 Å². The number of ether oxygens (including phenoxy) is 1. The maximum atomic E-state index is 12.8. The number of carbonyl (C=O) groups is 1. The van der Waals surface area contributed by atoms with Gasteiger partial charge in [-0.05, 0) is 36.8 Å². The molecule has 2 aromatic heterocycles. The minimum Gasteiger partial charge on any atom is -0.453 e. The van der Waals surface area contributed by atoms with Crippen LogP contribution in [0.4, 0.5) is 13.2 Å². The Morgan fingerprint density at radius 2 is 1.97 bits per heavy atom. The van der Waals surface area contributed by atoms with Gasteiger partial charge in [0.1, 0.15) is 17.1 Å². The van der Waals surface area contributed by atoms with E-state index in [2.05, 4.69) is 20.4 Å². The maximum Gasteiger partial charge on any atom is 0.416 e. The third-order valence-corrected chi connectivity index (χ3v) is 4.37. The zero-order chi connectivity index (χ0) is 22.6. The number of halogens is 3. The number of carbonyl (C=O) groups excluding carboxylic acids is 1. The first kappa shape index (κ1) is 22.2. The Morgan fingerprint density at radius 1 is 1.26 bits per heavy atom. The molecule has 1 atom stereocenters. The van der Waals surface area contributed by atoms with Crippen molar-refractivity contribution in [2.75, 3.05) is 6.61 Å². The number of rotatable bonds is 7. The molecular weight excluding hydrogens is 415 g/mol. The van der Waals surface area contributed by atoms with Crippen LogP contribution >= 0.6 is 0 Å². The number of nitrogens with one attached hydrogen (secondary N) is 1. The molecule has 3 aromatic rings. The standard InChI is InChI=1S/C20H20F3N5O3/c1-3-13(11-29)25-19(30)18-24-10-16(17(26-18)15-8-9-28(2)27-15)31-14-6-4-12(5-7-14)20(21,22)23/h4-10,13,29H,3,11H2,1-2H3,(H,25,30)/t13-/m1/s1. The molecule has 0 bridgehead atoms. The van der Waals surface area contributed by atoms with Crippen LogP contribution in [-0.4, -0.2) is 43.4 Å². The molecule has 8 nitrogen and oxygen atoms in total. The topological polar surface area (TPSA) is 102 Å². The molecule has 0 aliphatic carbocycles. The summed E-state index contributed by atoms with van der Waals surface area (Å²) in [5.41, 5.74) is -0.227. The largest absolute Gasteiger partial charge is 0.453 e. The van der Waals surface area contributed by atoms with Gasteiger partial charge in [0.2, 0.25) is 5.82 Å². The average Bonchev–Trinajstić information content (AvgIpc) is 3.18. The minimum absolute atomic E-state index is 0.115. The Balaban J connectivity index is 1.93. The number of aliphatic hydroxyl groups excluding tert-OH is 1. The maximum absolute atomic E-state index is 12.8. The lowest BCUT2D eigenvalue weighted by Crippen LogP contribution is -2.37. The van der Waals surface area contributed by atoms with Crippen LogP contribution in [0.2, 0.25) is 0 Å². The van der Waals surface area contributed by atoms with Gasteiger partial charge in [-0.25, -0.2) is 9.97 Å².